The molecule has 1 heterocycles. The minimum absolute atomic E-state index is 0.0553. The third kappa shape index (κ3) is 2.41. The first kappa shape index (κ1) is 15.8. The van der Waals surface area contributed by atoms with Gasteiger partial charge in [0.05, 0.1) is 18.8 Å². The van der Waals surface area contributed by atoms with Crippen LogP contribution in [0.3, 0.4) is 0 Å². The average molecular weight is 354 g/mol. The van der Waals surface area contributed by atoms with Crippen LogP contribution in [0.25, 0.3) is 10.8 Å². The van der Waals surface area contributed by atoms with Gasteiger partial charge in [0.15, 0.2) is 11.5 Å². The first-order valence-electron chi connectivity index (χ1n) is 7.93. The first-order chi connectivity index (χ1) is 12.1. The number of amides is 1. The third-order valence-corrected chi connectivity index (χ3v) is 5.03. The van der Waals surface area contributed by atoms with Crippen LogP contribution >= 0.6 is 11.6 Å². The number of aromatic hydroxyl groups is 1. The van der Waals surface area contributed by atoms with Crippen LogP contribution in [-0.2, 0) is 4.79 Å². The topological polar surface area (TPSA) is 49.8 Å². The fourth-order valence-corrected chi connectivity index (χ4v) is 3.70. The zero-order chi connectivity index (χ0) is 17.6. The number of anilines is 1. The molecule has 0 bridgehead atoms. The molecule has 0 radical (unpaired) electrons. The molecule has 25 heavy (non-hydrogen) atoms. The quantitative estimate of drug-likeness (QED) is 0.565. The normalized spacial score (nSPS) is 19.8. The summed E-state index contributed by atoms with van der Waals surface area (Å²) < 4.78 is 5.18. The number of β-lactam (4-membered cyclic amide) rings is 1. The number of phenolic OH excluding ortho intramolecular Hbond substituents is 1. The summed E-state index contributed by atoms with van der Waals surface area (Å²) in [5, 5.41) is 11.2. The summed E-state index contributed by atoms with van der Waals surface area (Å²) >= 11 is 6.34. The molecule has 1 aliphatic rings. The van der Waals surface area contributed by atoms with E-state index in [1.807, 2.05) is 42.5 Å². The van der Waals surface area contributed by atoms with Gasteiger partial charge < -0.3 is 14.7 Å². The van der Waals surface area contributed by atoms with Crippen molar-refractivity contribution >= 4 is 34.0 Å². The molecule has 1 saturated heterocycles. The zero-order valence-electron chi connectivity index (χ0n) is 13.5. The predicted octanol–water partition coefficient (Wildman–Crippen LogP) is 4.25. The molecule has 2 atom stereocenters. The number of fused-ring (bicyclic) bond motifs is 1. The zero-order valence-corrected chi connectivity index (χ0v) is 14.3. The number of nitrogens with zero attached hydrogens (tertiary/aromatic N) is 1. The van der Waals surface area contributed by atoms with E-state index in [4.69, 9.17) is 16.3 Å². The van der Waals surface area contributed by atoms with Crippen LogP contribution in [0.5, 0.6) is 11.5 Å². The molecule has 1 N–H and O–H groups in total. The molecular formula is C20H16ClNO3. The smallest absolute Gasteiger partial charge is 0.248 e. The maximum atomic E-state index is 12.5. The van der Waals surface area contributed by atoms with Crippen LogP contribution in [0, 0.1) is 0 Å². The van der Waals surface area contributed by atoms with Gasteiger partial charge in [-0.3, -0.25) is 4.79 Å². The Morgan fingerprint density at radius 2 is 1.84 bits per heavy atom. The maximum absolute atomic E-state index is 12.5. The van der Waals surface area contributed by atoms with Crippen molar-refractivity contribution in [2.75, 3.05) is 12.0 Å². The van der Waals surface area contributed by atoms with Gasteiger partial charge in [0.2, 0.25) is 5.91 Å². The lowest BCUT2D eigenvalue weighted by Gasteiger charge is -2.45. The lowest BCUT2D eigenvalue weighted by Crippen LogP contribution is -2.56. The predicted molar refractivity (Wildman–Crippen MR) is 98.5 cm³/mol. The minimum atomic E-state index is -0.645. The van der Waals surface area contributed by atoms with Gasteiger partial charge in [-0.25, -0.2) is 0 Å². The highest BCUT2D eigenvalue weighted by Crippen LogP contribution is 2.45. The van der Waals surface area contributed by atoms with E-state index in [0.29, 0.717) is 5.75 Å². The van der Waals surface area contributed by atoms with Crippen molar-refractivity contribution in [1.29, 1.82) is 0 Å². The Bertz CT molecular complexity index is 967. The van der Waals surface area contributed by atoms with E-state index in [9.17, 15) is 9.90 Å². The molecule has 0 spiro atoms. The van der Waals surface area contributed by atoms with Crippen molar-refractivity contribution in [1.82, 2.24) is 0 Å². The Hall–Kier alpha value is -2.72. The minimum Gasteiger partial charge on any atom is -0.504 e. The van der Waals surface area contributed by atoms with E-state index in [1.165, 1.54) is 7.11 Å². The van der Waals surface area contributed by atoms with Crippen LogP contribution in [0.15, 0.2) is 60.7 Å². The Labute approximate surface area is 150 Å². The van der Waals surface area contributed by atoms with Gasteiger partial charge in [-0.05, 0) is 29.1 Å². The molecule has 4 rings (SSSR count). The summed E-state index contributed by atoms with van der Waals surface area (Å²) in [4.78, 5) is 14.2. The second kappa shape index (κ2) is 5.97. The summed E-state index contributed by atoms with van der Waals surface area (Å²) in [6.45, 7) is 0. The van der Waals surface area contributed by atoms with Gasteiger partial charge in [-0.1, -0.05) is 42.5 Å². The number of hydrogen-bond donors (Lipinski definition) is 1. The van der Waals surface area contributed by atoms with E-state index >= 15 is 0 Å². The van der Waals surface area contributed by atoms with Crippen molar-refractivity contribution in [3.8, 4) is 11.5 Å². The molecule has 1 amide bonds. The third-order valence-electron chi connectivity index (χ3n) is 4.60. The number of carbonyl (C=O) groups excluding carboxylic acids is 1. The molecule has 1 aliphatic heterocycles. The van der Waals surface area contributed by atoms with Crippen LogP contribution in [-0.4, -0.2) is 23.5 Å². The molecule has 0 saturated carbocycles. The van der Waals surface area contributed by atoms with Gasteiger partial charge in [0.25, 0.3) is 0 Å². The largest absolute Gasteiger partial charge is 0.504 e. The number of rotatable bonds is 3. The van der Waals surface area contributed by atoms with Crippen LogP contribution in [0.4, 0.5) is 5.69 Å². The number of phenols is 1. The summed E-state index contributed by atoms with van der Waals surface area (Å²) in [5.41, 5.74) is 1.65. The van der Waals surface area contributed by atoms with Crippen molar-refractivity contribution < 1.29 is 14.6 Å². The highest BCUT2D eigenvalue weighted by Gasteiger charge is 2.48. The number of carbonyl (C=O) groups is 1. The second-order valence-electron chi connectivity index (χ2n) is 5.98. The molecule has 0 aliphatic carbocycles. The SMILES string of the molecule is COc1cc(C2C(Cl)C(=O)N2c2cccc3ccccc23)ccc1O. The molecule has 3 aromatic carbocycles. The van der Waals surface area contributed by atoms with E-state index < -0.39 is 5.38 Å². The summed E-state index contributed by atoms with van der Waals surface area (Å²) in [5.74, 6) is 0.286. The van der Waals surface area contributed by atoms with Crippen molar-refractivity contribution in [2.45, 2.75) is 11.4 Å². The number of alkyl halides is 1. The number of methoxy groups -OCH3 is 1. The number of ether oxygens (including phenoxy) is 1. The summed E-state index contributed by atoms with van der Waals surface area (Å²) in [6, 6.07) is 18.5. The molecule has 0 aromatic heterocycles. The van der Waals surface area contributed by atoms with E-state index in [1.54, 1.807) is 23.1 Å². The summed E-state index contributed by atoms with van der Waals surface area (Å²) in [7, 11) is 1.49. The Morgan fingerprint density at radius 3 is 2.64 bits per heavy atom. The molecule has 126 valence electrons. The van der Waals surface area contributed by atoms with Gasteiger partial charge in [-0.15, -0.1) is 11.6 Å². The molecule has 3 aromatic rings. The molecule has 4 nitrogen and oxygen atoms in total. The number of hydrogen-bond acceptors (Lipinski definition) is 3. The maximum Gasteiger partial charge on any atom is 0.248 e. The highest BCUT2D eigenvalue weighted by molar-refractivity contribution is 6.37. The lowest BCUT2D eigenvalue weighted by atomic mass is 9.91. The van der Waals surface area contributed by atoms with Crippen LogP contribution in [0.1, 0.15) is 11.6 Å². The molecule has 2 unspecified atom stereocenters. The fraction of sp³-hybridized carbons (Fsp3) is 0.150. The van der Waals surface area contributed by atoms with Gasteiger partial charge in [-0.2, -0.15) is 0 Å². The Balaban J connectivity index is 1.82. The molecule has 1 fully saturated rings. The summed E-state index contributed by atoms with van der Waals surface area (Å²) in [6.07, 6.45) is 0. The van der Waals surface area contributed by atoms with E-state index in [0.717, 1.165) is 22.0 Å². The van der Waals surface area contributed by atoms with Crippen molar-refractivity contribution in [3.05, 3.63) is 66.2 Å². The molecular weight excluding hydrogens is 338 g/mol. The lowest BCUT2D eigenvalue weighted by molar-refractivity contribution is -0.123. The highest BCUT2D eigenvalue weighted by atomic mass is 35.5. The van der Waals surface area contributed by atoms with Gasteiger partial charge in [0, 0.05) is 5.39 Å². The van der Waals surface area contributed by atoms with Crippen molar-refractivity contribution in [3.63, 3.8) is 0 Å². The standard InChI is InChI=1S/C20H16ClNO3/c1-25-17-11-13(9-10-16(17)23)19-18(21)20(24)22(19)15-8-4-6-12-5-2-3-7-14(12)15/h2-11,18-19,23H,1H3. The number of halogens is 1. The fourth-order valence-electron chi connectivity index (χ4n) is 3.34. The van der Waals surface area contributed by atoms with E-state index in [2.05, 4.69) is 0 Å². The van der Waals surface area contributed by atoms with Crippen LogP contribution < -0.4 is 9.64 Å². The van der Waals surface area contributed by atoms with Crippen molar-refractivity contribution in [2.24, 2.45) is 0 Å². The van der Waals surface area contributed by atoms with Gasteiger partial charge in [0.1, 0.15) is 5.38 Å². The Morgan fingerprint density at radius 1 is 1.08 bits per heavy atom. The monoisotopic (exact) mass is 353 g/mol. The van der Waals surface area contributed by atoms with Gasteiger partial charge >= 0.3 is 0 Å². The molecule has 5 heteroatoms. The van der Waals surface area contributed by atoms with Crippen LogP contribution in [0.2, 0.25) is 0 Å². The second-order valence-corrected chi connectivity index (χ2v) is 6.45. The average Bonchev–Trinajstić information content (AvgIpc) is 2.66. The Kier molecular flexibility index (Phi) is 3.77. The number of benzene rings is 3. The first-order valence-corrected chi connectivity index (χ1v) is 8.37. The van der Waals surface area contributed by atoms with E-state index in [-0.39, 0.29) is 17.7 Å².